The van der Waals surface area contributed by atoms with Crippen molar-refractivity contribution in [3.8, 4) is 0 Å². The number of amides is 2. The molecule has 0 aromatic heterocycles. The van der Waals surface area contributed by atoms with Crippen LogP contribution in [-0.4, -0.2) is 24.4 Å². The minimum atomic E-state index is -0.529. The Morgan fingerprint density at radius 1 is 1.22 bits per heavy atom. The quantitative estimate of drug-likeness (QED) is 0.849. The van der Waals surface area contributed by atoms with Gasteiger partial charge in [0.2, 0.25) is 5.91 Å². The topological polar surface area (TPSA) is 58.2 Å². The average Bonchev–Trinajstić information content (AvgIpc) is 2.32. The lowest BCUT2D eigenvalue weighted by molar-refractivity contribution is -0.122. The molecule has 0 saturated carbocycles. The van der Waals surface area contributed by atoms with Crippen molar-refractivity contribution in [3.63, 3.8) is 0 Å². The molecule has 0 heterocycles. The summed E-state index contributed by atoms with van der Waals surface area (Å²) in [5, 5.41) is 5.35. The fourth-order valence-corrected chi connectivity index (χ4v) is 1.56. The maximum Gasteiger partial charge on any atom is 0.251 e. The van der Waals surface area contributed by atoms with Gasteiger partial charge in [-0.25, -0.2) is 0 Å². The van der Waals surface area contributed by atoms with Gasteiger partial charge in [-0.2, -0.15) is 0 Å². The van der Waals surface area contributed by atoms with E-state index in [0.29, 0.717) is 12.1 Å². The summed E-state index contributed by atoms with van der Waals surface area (Å²) < 4.78 is 0. The molecular weight excluding hydrogens is 228 g/mol. The zero-order chi connectivity index (χ0) is 13.7. The second-order valence-electron chi connectivity index (χ2n) is 4.39. The predicted octanol–water partition coefficient (Wildman–Crippen LogP) is 1.56. The molecule has 98 valence electrons. The second kappa shape index (κ2) is 6.19. The van der Waals surface area contributed by atoms with Gasteiger partial charge in [-0.1, -0.05) is 6.07 Å². The van der Waals surface area contributed by atoms with Crippen LogP contribution in [0.5, 0.6) is 0 Å². The van der Waals surface area contributed by atoms with E-state index in [2.05, 4.69) is 10.6 Å². The Labute approximate surface area is 108 Å². The van der Waals surface area contributed by atoms with Crippen molar-refractivity contribution >= 4 is 11.8 Å². The molecule has 4 nitrogen and oxygen atoms in total. The molecule has 0 aliphatic carbocycles. The molecule has 0 bridgehead atoms. The van der Waals surface area contributed by atoms with E-state index < -0.39 is 6.04 Å². The van der Waals surface area contributed by atoms with Crippen molar-refractivity contribution in [2.45, 2.75) is 33.7 Å². The highest BCUT2D eigenvalue weighted by molar-refractivity contribution is 5.97. The highest BCUT2D eigenvalue weighted by Crippen LogP contribution is 2.09. The molecule has 4 heteroatoms. The van der Waals surface area contributed by atoms with Crippen LogP contribution in [-0.2, 0) is 4.79 Å². The molecule has 1 aromatic carbocycles. The van der Waals surface area contributed by atoms with Gasteiger partial charge in [0.05, 0.1) is 0 Å². The number of hydrogen-bond donors (Lipinski definition) is 2. The zero-order valence-electron chi connectivity index (χ0n) is 11.3. The third kappa shape index (κ3) is 3.58. The summed E-state index contributed by atoms with van der Waals surface area (Å²) in [5.41, 5.74) is 2.78. The number of nitrogens with one attached hydrogen (secondary N) is 2. The van der Waals surface area contributed by atoms with E-state index in [1.54, 1.807) is 13.0 Å². The van der Waals surface area contributed by atoms with E-state index in [1.165, 1.54) is 0 Å². The van der Waals surface area contributed by atoms with Crippen molar-refractivity contribution in [2.75, 3.05) is 6.54 Å². The molecule has 0 aliphatic rings. The normalized spacial score (nSPS) is 11.8. The Balaban J connectivity index is 2.70. The molecular formula is C14H20N2O2. The minimum Gasteiger partial charge on any atom is -0.355 e. The van der Waals surface area contributed by atoms with Crippen molar-refractivity contribution in [1.29, 1.82) is 0 Å². The summed E-state index contributed by atoms with van der Waals surface area (Å²) in [5.74, 6) is -0.397. The van der Waals surface area contributed by atoms with E-state index in [9.17, 15) is 9.59 Å². The molecule has 2 N–H and O–H groups in total. The molecule has 0 unspecified atom stereocenters. The van der Waals surface area contributed by atoms with Gasteiger partial charge in [0.15, 0.2) is 0 Å². The number of carbonyl (C=O) groups is 2. The summed E-state index contributed by atoms with van der Waals surface area (Å²) in [6.07, 6.45) is 0. The standard InChI is InChI=1S/C14H20N2O2/c1-5-15-13(17)11(4)16-14(18)12-7-6-9(2)10(3)8-12/h6-8,11H,5H2,1-4H3,(H,15,17)(H,16,18)/t11-/m0/s1. The highest BCUT2D eigenvalue weighted by atomic mass is 16.2. The van der Waals surface area contributed by atoms with Gasteiger partial charge in [-0.15, -0.1) is 0 Å². The van der Waals surface area contributed by atoms with Crippen LogP contribution in [0.15, 0.2) is 18.2 Å². The van der Waals surface area contributed by atoms with Crippen LogP contribution in [0, 0.1) is 13.8 Å². The van der Waals surface area contributed by atoms with Gasteiger partial charge in [0.1, 0.15) is 6.04 Å². The van der Waals surface area contributed by atoms with Crippen LogP contribution < -0.4 is 10.6 Å². The Bertz CT molecular complexity index is 455. The van der Waals surface area contributed by atoms with Gasteiger partial charge in [0, 0.05) is 12.1 Å². The number of likely N-dealkylation sites (N-methyl/N-ethyl adjacent to an activating group) is 1. The first-order valence-electron chi connectivity index (χ1n) is 6.11. The van der Waals surface area contributed by atoms with Crippen molar-refractivity contribution < 1.29 is 9.59 Å². The molecule has 0 radical (unpaired) electrons. The third-order valence-corrected chi connectivity index (χ3v) is 2.86. The summed E-state index contributed by atoms with van der Waals surface area (Å²) >= 11 is 0. The van der Waals surface area contributed by atoms with Crippen molar-refractivity contribution in [3.05, 3.63) is 34.9 Å². The number of aryl methyl sites for hydroxylation is 2. The van der Waals surface area contributed by atoms with Gasteiger partial charge in [-0.05, 0) is 51.0 Å². The summed E-state index contributed by atoms with van der Waals surface area (Å²) in [6.45, 7) is 8.02. The Morgan fingerprint density at radius 3 is 2.44 bits per heavy atom. The number of benzene rings is 1. The molecule has 1 atom stereocenters. The molecule has 0 spiro atoms. The number of carbonyl (C=O) groups excluding carboxylic acids is 2. The summed E-state index contributed by atoms with van der Waals surface area (Å²) in [4.78, 5) is 23.4. The fourth-order valence-electron chi connectivity index (χ4n) is 1.56. The molecule has 1 rings (SSSR count). The van der Waals surface area contributed by atoms with E-state index in [4.69, 9.17) is 0 Å². The molecule has 0 fully saturated rings. The minimum absolute atomic E-state index is 0.172. The van der Waals surface area contributed by atoms with E-state index >= 15 is 0 Å². The van der Waals surface area contributed by atoms with Crippen LogP contribution >= 0.6 is 0 Å². The van der Waals surface area contributed by atoms with Crippen molar-refractivity contribution in [1.82, 2.24) is 10.6 Å². The average molecular weight is 248 g/mol. The molecule has 0 saturated heterocycles. The van der Waals surface area contributed by atoms with Crippen molar-refractivity contribution in [2.24, 2.45) is 0 Å². The molecule has 2 amide bonds. The molecule has 1 aromatic rings. The van der Waals surface area contributed by atoms with E-state index in [0.717, 1.165) is 11.1 Å². The number of hydrogen-bond acceptors (Lipinski definition) is 2. The van der Waals surface area contributed by atoms with Crippen LogP contribution in [0.1, 0.15) is 35.3 Å². The SMILES string of the molecule is CCNC(=O)[C@H](C)NC(=O)c1ccc(C)c(C)c1. The monoisotopic (exact) mass is 248 g/mol. The predicted molar refractivity (Wildman–Crippen MR) is 71.5 cm³/mol. The van der Waals surface area contributed by atoms with Gasteiger partial charge in [0.25, 0.3) is 5.91 Å². The first-order valence-corrected chi connectivity index (χ1v) is 6.11. The lowest BCUT2D eigenvalue weighted by Crippen LogP contribution is -2.44. The van der Waals surface area contributed by atoms with E-state index in [-0.39, 0.29) is 11.8 Å². The van der Waals surface area contributed by atoms with E-state index in [1.807, 2.05) is 32.9 Å². The lowest BCUT2D eigenvalue weighted by Gasteiger charge is -2.13. The van der Waals surface area contributed by atoms with Gasteiger partial charge < -0.3 is 10.6 Å². The lowest BCUT2D eigenvalue weighted by atomic mass is 10.1. The third-order valence-electron chi connectivity index (χ3n) is 2.86. The first-order chi connectivity index (χ1) is 8.45. The zero-order valence-corrected chi connectivity index (χ0v) is 11.3. The maximum absolute atomic E-state index is 11.9. The van der Waals surface area contributed by atoms with Crippen LogP contribution in [0.2, 0.25) is 0 Å². The maximum atomic E-state index is 11.9. The summed E-state index contributed by atoms with van der Waals surface area (Å²) in [6, 6.07) is 4.97. The molecule has 18 heavy (non-hydrogen) atoms. The Hall–Kier alpha value is -1.84. The van der Waals surface area contributed by atoms with Crippen LogP contribution in [0.3, 0.4) is 0 Å². The molecule has 0 aliphatic heterocycles. The van der Waals surface area contributed by atoms with Crippen LogP contribution in [0.25, 0.3) is 0 Å². The Morgan fingerprint density at radius 2 is 1.89 bits per heavy atom. The fraction of sp³-hybridized carbons (Fsp3) is 0.429. The smallest absolute Gasteiger partial charge is 0.251 e. The Kier molecular flexibility index (Phi) is 4.89. The summed E-state index contributed by atoms with van der Waals surface area (Å²) in [7, 11) is 0. The van der Waals surface area contributed by atoms with Crippen LogP contribution in [0.4, 0.5) is 0 Å². The second-order valence-corrected chi connectivity index (χ2v) is 4.39. The van der Waals surface area contributed by atoms with Gasteiger partial charge >= 0.3 is 0 Å². The number of rotatable bonds is 4. The highest BCUT2D eigenvalue weighted by Gasteiger charge is 2.15. The van der Waals surface area contributed by atoms with Gasteiger partial charge in [-0.3, -0.25) is 9.59 Å². The largest absolute Gasteiger partial charge is 0.355 e. The first kappa shape index (κ1) is 14.2.